The summed E-state index contributed by atoms with van der Waals surface area (Å²) in [6.07, 6.45) is 2.93. The minimum absolute atomic E-state index is 0.0417. The zero-order valence-corrected chi connectivity index (χ0v) is 24.0. The van der Waals surface area contributed by atoms with E-state index in [0.29, 0.717) is 18.6 Å². The molecule has 1 aromatic carbocycles. The van der Waals surface area contributed by atoms with E-state index in [1.165, 1.54) is 26.4 Å². The van der Waals surface area contributed by atoms with Crippen LogP contribution in [0.4, 0.5) is 0 Å². The lowest BCUT2D eigenvalue weighted by Crippen LogP contribution is -2.63. The van der Waals surface area contributed by atoms with Crippen LogP contribution in [0.25, 0.3) is 0 Å². The lowest BCUT2D eigenvalue weighted by molar-refractivity contribution is -0.337. The van der Waals surface area contributed by atoms with Crippen molar-refractivity contribution in [3.63, 3.8) is 0 Å². The van der Waals surface area contributed by atoms with Crippen molar-refractivity contribution in [1.82, 2.24) is 0 Å². The molecule has 0 aromatic heterocycles. The van der Waals surface area contributed by atoms with Gasteiger partial charge in [-0.2, -0.15) is 0 Å². The van der Waals surface area contributed by atoms with E-state index < -0.39 is 41.3 Å². The number of rotatable bonds is 13. The van der Waals surface area contributed by atoms with Crippen molar-refractivity contribution in [1.29, 1.82) is 0 Å². The van der Waals surface area contributed by atoms with Crippen molar-refractivity contribution in [2.45, 2.75) is 84.6 Å². The summed E-state index contributed by atoms with van der Waals surface area (Å²) in [6, 6.07) is 9.89. The molecule has 1 aliphatic rings. The second-order valence-corrected chi connectivity index (χ2v) is 10.4. The topological polar surface area (TPSA) is 118 Å². The van der Waals surface area contributed by atoms with Crippen molar-refractivity contribution in [3.05, 3.63) is 59.7 Å². The molecule has 0 radical (unpaired) electrons. The number of aliphatic carboxylic acids is 1. The molecule has 1 heterocycles. The van der Waals surface area contributed by atoms with Crippen LogP contribution in [0.15, 0.2) is 54.1 Å². The maximum Gasteiger partial charge on any atom is 0.330 e. The average Bonchev–Trinajstić information content (AvgIpc) is 2.91. The van der Waals surface area contributed by atoms with E-state index in [0.717, 1.165) is 11.6 Å². The molecule has 9 heteroatoms. The first kappa shape index (κ1) is 32.2. The van der Waals surface area contributed by atoms with Gasteiger partial charge >= 0.3 is 17.9 Å². The van der Waals surface area contributed by atoms with Crippen molar-refractivity contribution in [2.24, 2.45) is 11.3 Å². The van der Waals surface area contributed by atoms with Crippen LogP contribution in [-0.4, -0.2) is 61.3 Å². The molecule has 1 fully saturated rings. The summed E-state index contributed by atoms with van der Waals surface area (Å²) < 4.78 is 29.4. The van der Waals surface area contributed by atoms with Crippen LogP contribution < -0.4 is 0 Å². The monoisotopic (exact) mass is 546 g/mol. The molecule has 0 amide bonds. The smallest absolute Gasteiger partial charge is 0.330 e. The number of carbonyl (C=O) groups is 3. The van der Waals surface area contributed by atoms with Crippen LogP contribution in [0.1, 0.15) is 59.4 Å². The number of benzene rings is 1. The third-order valence-electron chi connectivity index (χ3n) is 7.17. The lowest BCUT2D eigenvalue weighted by atomic mass is 9.73. The standard InChI is InChI=1S/C30H42O9/c1-8-26(33)38-28-23(18-27(34)35-6)17-24(39-30(28,36-7)29(4,5)15-14-25(31)32)16-20(2)21(3)37-19-22-12-10-9-11-13-22/h9-15,18,20-21,24,28H,8,16-17,19H2,1-7H3,(H,31,32)/b15-14+,23-18+/t20-,21+,24?,28+,30-/m1/s1. The molecular weight excluding hydrogens is 504 g/mol. The Bertz CT molecular complexity index is 1030. The maximum absolute atomic E-state index is 12.5. The fourth-order valence-electron chi connectivity index (χ4n) is 4.69. The average molecular weight is 547 g/mol. The van der Waals surface area contributed by atoms with Gasteiger partial charge in [-0.05, 0) is 36.8 Å². The van der Waals surface area contributed by atoms with Gasteiger partial charge in [0.05, 0.1) is 25.9 Å². The summed E-state index contributed by atoms with van der Waals surface area (Å²) in [4.78, 5) is 36.3. The predicted molar refractivity (Wildman–Crippen MR) is 145 cm³/mol. The fourth-order valence-corrected chi connectivity index (χ4v) is 4.69. The molecule has 9 nitrogen and oxygen atoms in total. The van der Waals surface area contributed by atoms with Crippen LogP contribution in [0.5, 0.6) is 0 Å². The second-order valence-electron chi connectivity index (χ2n) is 10.4. The largest absolute Gasteiger partial charge is 0.478 e. The maximum atomic E-state index is 12.5. The minimum Gasteiger partial charge on any atom is -0.478 e. The highest BCUT2D eigenvalue weighted by atomic mass is 16.7. The Morgan fingerprint density at radius 1 is 1.18 bits per heavy atom. The van der Waals surface area contributed by atoms with Crippen LogP contribution in [0.3, 0.4) is 0 Å². The molecule has 1 aliphatic heterocycles. The van der Waals surface area contributed by atoms with Gasteiger partial charge in [0.2, 0.25) is 5.79 Å². The number of methoxy groups -OCH3 is 2. The summed E-state index contributed by atoms with van der Waals surface area (Å²) in [5, 5.41) is 9.31. The molecule has 1 unspecified atom stereocenters. The summed E-state index contributed by atoms with van der Waals surface area (Å²) >= 11 is 0. The third-order valence-corrected chi connectivity index (χ3v) is 7.17. The first-order valence-electron chi connectivity index (χ1n) is 13.2. The van der Waals surface area contributed by atoms with Crippen LogP contribution in [0.2, 0.25) is 0 Å². The van der Waals surface area contributed by atoms with E-state index in [4.69, 9.17) is 23.7 Å². The zero-order chi connectivity index (χ0) is 29.2. The number of hydrogen-bond donors (Lipinski definition) is 1. The molecule has 1 saturated heterocycles. The Hall–Kier alpha value is -3.01. The molecule has 39 heavy (non-hydrogen) atoms. The summed E-state index contributed by atoms with van der Waals surface area (Å²) in [7, 11) is 2.68. The number of hydrogen-bond acceptors (Lipinski definition) is 8. The Labute approximate surface area is 231 Å². The Morgan fingerprint density at radius 2 is 1.85 bits per heavy atom. The van der Waals surface area contributed by atoms with E-state index in [2.05, 4.69) is 6.92 Å². The number of ether oxygens (including phenoxy) is 5. The van der Waals surface area contributed by atoms with Crippen LogP contribution in [-0.2, 0) is 44.7 Å². The van der Waals surface area contributed by atoms with Crippen LogP contribution in [0, 0.1) is 11.3 Å². The predicted octanol–water partition coefficient (Wildman–Crippen LogP) is 4.84. The van der Waals surface area contributed by atoms with Gasteiger partial charge in [-0.15, -0.1) is 0 Å². The van der Waals surface area contributed by atoms with E-state index >= 15 is 0 Å². The van der Waals surface area contributed by atoms with Gasteiger partial charge in [0.1, 0.15) is 0 Å². The van der Waals surface area contributed by atoms with Gasteiger partial charge in [-0.3, -0.25) is 4.79 Å². The molecule has 0 bridgehead atoms. The first-order valence-corrected chi connectivity index (χ1v) is 13.2. The molecule has 0 saturated carbocycles. The number of carboxylic acid groups (broad SMARTS) is 1. The molecular formula is C30H42O9. The van der Waals surface area contributed by atoms with Gasteiger partial charge in [0.25, 0.3) is 0 Å². The Kier molecular flexibility index (Phi) is 11.9. The Morgan fingerprint density at radius 3 is 2.41 bits per heavy atom. The molecule has 2 rings (SSSR count). The van der Waals surface area contributed by atoms with E-state index in [9.17, 15) is 19.5 Å². The van der Waals surface area contributed by atoms with Gasteiger partial charge in [0.15, 0.2) is 6.10 Å². The highest BCUT2D eigenvalue weighted by Crippen LogP contribution is 2.49. The molecule has 216 valence electrons. The van der Waals surface area contributed by atoms with Gasteiger partial charge in [0, 0.05) is 31.1 Å². The molecule has 0 aliphatic carbocycles. The molecule has 5 atom stereocenters. The number of carbonyl (C=O) groups excluding carboxylic acids is 2. The third kappa shape index (κ3) is 8.49. The van der Waals surface area contributed by atoms with Gasteiger partial charge in [-0.1, -0.05) is 64.1 Å². The quantitative estimate of drug-likeness (QED) is 0.274. The minimum atomic E-state index is -1.64. The van der Waals surface area contributed by atoms with Crippen molar-refractivity contribution in [2.75, 3.05) is 14.2 Å². The summed E-state index contributed by atoms with van der Waals surface area (Å²) in [6.45, 7) is 9.63. The van der Waals surface area contributed by atoms with Gasteiger partial charge in [-0.25, -0.2) is 9.59 Å². The highest BCUT2D eigenvalue weighted by molar-refractivity contribution is 5.83. The molecule has 0 spiro atoms. The number of esters is 2. The summed E-state index contributed by atoms with van der Waals surface area (Å²) in [5.74, 6) is -3.87. The Balaban J connectivity index is 2.44. The lowest BCUT2D eigenvalue weighted by Gasteiger charge is -2.53. The highest BCUT2D eigenvalue weighted by Gasteiger charge is 2.59. The van der Waals surface area contributed by atoms with Crippen molar-refractivity contribution < 1.29 is 43.2 Å². The van der Waals surface area contributed by atoms with Crippen LogP contribution >= 0.6 is 0 Å². The van der Waals surface area contributed by atoms with Crippen molar-refractivity contribution >= 4 is 17.9 Å². The zero-order valence-electron chi connectivity index (χ0n) is 24.0. The van der Waals surface area contributed by atoms with E-state index in [1.807, 2.05) is 37.3 Å². The molecule has 1 aromatic rings. The van der Waals surface area contributed by atoms with E-state index in [-0.39, 0.29) is 24.9 Å². The number of carboxylic acids is 1. The fraction of sp³-hybridized carbons (Fsp3) is 0.567. The van der Waals surface area contributed by atoms with Crippen molar-refractivity contribution in [3.8, 4) is 0 Å². The normalized spacial score (nSPS) is 24.3. The summed E-state index contributed by atoms with van der Waals surface area (Å²) in [5.41, 5.74) is 0.425. The first-order chi connectivity index (χ1) is 18.4. The molecule has 1 N–H and O–H groups in total. The second kappa shape index (κ2) is 14.4. The van der Waals surface area contributed by atoms with E-state index in [1.54, 1.807) is 20.8 Å². The SMILES string of the molecule is CCC(=O)O[C@H]1/C(=C/C(=O)OC)CC(C[C@@H](C)[C@H](C)OCc2ccccc2)O[C@@]1(OC)C(C)(C)/C=C/C(=O)O. The van der Waals surface area contributed by atoms with Gasteiger partial charge < -0.3 is 28.8 Å².